The molecule has 23 heavy (non-hydrogen) atoms. The van der Waals surface area contributed by atoms with Crippen LogP contribution in [-0.4, -0.2) is 76.2 Å². The van der Waals surface area contributed by atoms with E-state index in [9.17, 15) is 5.11 Å². The summed E-state index contributed by atoms with van der Waals surface area (Å²) in [6.45, 7) is 13.4. The molecule has 0 bridgehead atoms. The van der Waals surface area contributed by atoms with Gasteiger partial charge in [-0.05, 0) is 27.2 Å². The van der Waals surface area contributed by atoms with Gasteiger partial charge in [-0.25, -0.2) is 0 Å². The number of aromatic nitrogens is 2. The molecule has 1 aromatic rings. The molecule has 0 radical (unpaired) electrons. The number of nitrogens with zero attached hydrogens (tertiary/aromatic N) is 4. The quantitative estimate of drug-likeness (QED) is 0.888. The van der Waals surface area contributed by atoms with E-state index in [1.165, 1.54) is 11.3 Å². The highest BCUT2D eigenvalue weighted by molar-refractivity contribution is 5.24. The molecule has 3 rings (SSSR count). The summed E-state index contributed by atoms with van der Waals surface area (Å²) >= 11 is 0. The summed E-state index contributed by atoms with van der Waals surface area (Å²) in [4.78, 5) is 4.77. The van der Waals surface area contributed by atoms with E-state index in [2.05, 4.69) is 40.4 Å². The molecule has 130 valence electrons. The van der Waals surface area contributed by atoms with Crippen LogP contribution in [-0.2, 0) is 17.8 Å². The number of rotatable bonds is 4. The Bertz CT molecular complexity index is 525. The first-order chi connectivity index (χ1) is 11.1. The number of morpholine rings is 1. The molecule has 0 spiro atoms. The molecular formula is C17H30N4O2. The lowest BCUT2D eigenvalue weighted by molar-refractivity contribution is -0.0534. The summed E-state index contributed by atoms with van der Waals surface area (Å²) in [6, 6.07) is 0.288. The van der Waals surface area contributed by atoms with Gasteiger partial charge in [-0.2, -0.15) is 5.10 Å². The fraction of sp³-hybridized carbons (Fsp3) is 0.824. The maximum absolute atomic E-state index is 10.6. The van der Waals surface area contributed by atoms with Crippen molar-refractivity contribution in [3.05, 3.63) is 17.0 Å². The molecule has 6 heteroatoms. The third-order valence-electron chi connectivity index (χ3n) is 5.36. The van der Waals surface area contributed by atoms with Crippen LogP contribution in [0.25, 0.3) is 0 Å². The smallest absolute Gasteiger partial charge is 0.0822 e. The number of hydrogen-bond donors (Lipinski definition) is 1. The van der Waals surface area contributed by atoms with Crippen LogP contribution in [0.1, 0.15) is 30.3 Å². The van der Waals surface area contributed by atoms with Gasteiger partial charge in [0.25, 0.3) is 0 Å². The average Bonchev–Trinajstić information content (AvgIpc) is 2.83. The number of aliphatic hydroxyl groups excluding tert-OH is 1. The zero-order valence-corrected chi connectivity index (χ0v) is 14.7. The number of piperidine rings is 1. The highest BCUT2D eigenvalue weighted by atomic mass is 16.5. The Morgan fingerprint density at radius 2 is 1.96 bits per heavy atom. The van der Waals surface area contributed by atoms with Gasteiger partial charge < -0.3 is 9.84 Å². The van der Waals surface area contributed by atoms with Crippen molar-refractivity contribution in [2.45, 2.75) is 52.4 Å². The van der Waals surface area contributed by atoms with Gasteiger partial charge in [0.1, 0.15) is 0 Å². The lowest BCUT2D eigenvalue weighted by atomic mass is 9.99. The van der Waals surface area contributed by atoms with Gasteiger partial charge in [-0.3, -0.25) is 14.5 Å². The Labute approximate surface area is 139 Å². The molecule has 2 fully saturated rings. The van der Waals surface area contributed by atoms with Crippen molar-refractivity contribution in [1.82, 2.24) is 19.6 Å². The van der Waals surface area contributed by atoms with Crippen LogP contribution in [0.4, 0.5) is 0 Å². The second-order valence-electron chi connectivity index (χ2n) is 6.77. The van der Waals surface area contributed by atoms with Crippen molar-refractivity contribution in [3.8, 4) is 0 Å². The topological polar surface area (TPSA) is 53.8 Å². The summed E-state index contributed by atoms with van der Waals surface area (Å²) in [7, 11) is 0. The van der Waals surface area contributed by atoms with Gasteiger partial charge in [0.15, 0.2) is 0 Å². The molecule has 2 saturated heterocycles. The van der Waals surface area contributed by atoms with Crippen molar-refractivity contribution in [1.29, 1.82) is 0 Å². The van der Waals surface area contributed by atoms with Crippen LogP contribution >= 0.6 is 0 Å². The average molecular weight is 322 g/mol. The first kappa shape index (κ1) is 16.9. The molecule has 1 aromatic heterocycles. The van der Waals surface area contributed by atoms with Gasteiger partial charge in [-0.1, -0.05) is 0 Å². The lowest BCUT2D eigenvalue weighted by Gasteiger charge is -2.43. The molecular weight excluding hydrogens is 292 g/mol. The molecule has 0 amide bonds. The van der Waals surface area contributed by atoms with Crippen LogP contribution in [0.2, 0.25) is 0 Å². The predicted octanol–water partition coefficient (Wildman–Crippen LogP) is 0.787. The summed E-state index contributed by atoms with van der Waals surface area (Å²) < 4.78 is 7.49. The van der Waals surface area contributed by atoms with E-state index in [1.807, 2.05) is 0 Å². The molecule has 3 heterocycles. The first-order valence-corrected chi connectivity index (χ1v) is 8.85. The van der Waals surface area contributed by atoms with E-state index >= 15 is 0 Å². The van der Waals surface area contributed by atoms with E-state index in [0.29, 0.717) is 0 Å². The predicted molar refractivity (Wildman–Crippen MR) is 89.5 cm³/mol. The number of β-amino-alcohol motifs (C(OH)–C–C–N with tert-alkyl or cyclic N) is 1. The molecule has 2 aliphatic heterocycles. The Balaban J connectivity index is 1.60. The molecule has 6 nitrogen and oxygen atoms in total. The molecule has 2 atom stereocenters. The maximum Gasteiger partial charge on any atom is 0.0822 e. The standard InChI is InChI=1S/C17H30N4O2/c1-4-21-14(3)15(13(2)18-21)11-19-6-5-16(17(22)12-19)20-7-9-23-10-8-20/h16-17,22H,4-12H2,1-3H3/t16-,17-/m1/s1. The van der Waals surface area contributed by atoms with Gasteiger partial charge in [0.05, 0.1) is 25.0 Å². The molecule has 0 saturated carbocycles. The number of ether oxygens (including phenoxy) is 1. The van der Waals surface area contributed by atoms with Crippen molar-refractivity contribution in [2.24, 2.45) is 0 Å². The Hall–Kier alpha value is -0.950. The minimum absolute atomic E-state index is 0.274. The number of hydrogen-bond acceptors (Lipinski definition) is 5. The first-order valence-electron chi connectivity index (χ1n) is 8.85. The van der Waals surface area contributed by atoms with Crippen molar-refractivity contribution in [2.75, 3.05) is 39.4 Å². The molecule has 2 aliphatic rings. The van der Waals surface area contributed by atoms with Crippen molar-refractivity contribution < 1.29 is 9.84 Å². The van der Waals surface area contributed by atoms with Gasteiger partial charge >= 0.3 is 0 Å². The molecule has 0 aliphatic carbocycles. The summed E-state index contributed by atoms with van der Waals surface area (Å²) in [5.41, 5.74) is 3.70. The highest BCUT2D eigenvalue weighted by Crippen LogP contribution is 2.22. The second-order valence-corrected chi connectivity index (χ2v) is 6.77. The van der Waals surface area contributed by atoms with Gasteiger partial charge in [-0.15, -0.1) is 0 Å². The summed E-state index contributed by atoms with van der Waals surface area (Å²) in [5, 5.41) is 15.2. The lowest BCUT2D eigenvalue weighted by Crippen LogP contribution is -2.56. The Morgan fingerprint density at radius 3 is 2.57 bits per heavy atom. The highest BCUT2D eigenvalue weighted by Gasteiger charge is 2.33. The zero-order chi connectivity index (χ0) is 16.4. The van der Waals surface area contributed by atoms with E-state index in [4.69, 9.17) is 4.74 Å². The monoisotopic (exact) mass is 322 g/mol. The van der Waals surface area contributed by atoms with Gasteiger partial charge in [0, 0.05) is 56.6 Å². The third kappa shape index (κ3) is 3.60. The van der Waals surface area contributed by atoms with E-state index < -0.39 is 0 Å². The summed E-state index contributed by atoms with van der Waals surface area (Å²) in [5.74, 6) is 0. The van der Waals surface area contributed by atoms with Crippen LogP contribution < -0.4 is 0 Å². The normalized spacial score (nSPS) is 27.5. The zero-order valence-electron chi connectivity index (χ0n) is 14.7. The SMILES string of the molecule is CCn1nc(C)c(CN2CC[C@@H](N3CCOCC3)[C@H](O)C2)c1C. The van der Waals surface area contributed by atoms with Crippen LogP contribution in [0.15, 0.2) is 0 Å². The molecule has 0 unspecified atom stereocenters. The Kier molecular flexibility index (Phi) is 5.36. The van der Waals surface area contributed by atoms with E-state index in [0.717, 1.165) is 64.6 Å². The van der Waals surface area contributed by atoms with E-state index in [-0.39, 0.29) is 12.1 Å². The number of aliphatic hydroxyl groups is 1. The van der Waals surface area contributed by atoms with Gasteiger partial charge in [0.2, 0.25) is 0 Å². The maximum atomic E-state index is 10.6. The fourth-order valence-electron chi connectivity index (χ4n) is 3.96. The van der Waals surface area contributed by atoms with Crippen LogP contribution in [0.3, 0.4) is 0 Å². The minimum atomic E-state index is -0.274. The molecule has 1 N–H and O–H groups in total. The van der Waals surface area contributed by atoms with Crippen LogP contribution in [0, 0.1) is 13.8 Å². The fourth-order valence-corrected chi connectivity index (χ4v) is 3.96. The van der Waals surface area contributed by atoms with E-state index in [1.54, 1.807) is 0 Å². The Morgan fingerprint density at radius 1 is 1.22 bits per heavy atom. The summed E-state index contributed by atoms with van der Waals surface area (Å²) in [6.07, 6.45) is 0.755. The van der Waals surface area contributed by atoms with Crippen molar-refractivity contribution in [3.63, 3.8) is 0 Å². The largest absolute Gasteiger partial charge is 0.390 e. The third-order valence-corrected chi connectivity index (χ3v) is 5.36. The second kappa shape index (κ2) is 7.30. The van der Waals surface area contributed by atoms with Crippen molar-refractivity contribution >= 4 is 0 Å². The number of aryl methyl sites for hydroxylation is 2. The van der Waals surface area contributed by atoms with Crippen LogP contribution in [0.5, 0.6) is 0 Å². The minimum Gasteiger partial charge on any atom is -0.390 e. The number of likely N-dealkylation sites (tertiary alicyclic amines) is 1. The molecule has 0 aromatic carbocycles.